The van der Waals surface area contributed by atoms with Gasteiger partial charge in [0.15, 0.2) is 5.82 Å². The summed E-state index contributed by atoms with van der Waals surface area (Å²) in [5.41, 5.74) is 9.43. The predicted molar refractivity (Wildman–Crippen MR) is 108 cm³/mol. The number of carbonyl (C=O) groups excluding carboxylic acids is 1. The fraction of sp³-hybridized carbons (Fsp3) is 0.300. The summed E-state index contributed by atoms with van der Waals surface area (Å²) in [4.78, 5) is 25.4. The first-order chi connectivity index (χ1) is 13.6. The lowest BCUT2D eigenvalue weighted by Gasteiger charge is -2.10. The van der Waals surface area contributed by atoms with Gasteiger partial charge in [0.2, 0.25) is 5.95 Å². The smallest absolute Gasteiger partial charge is 0.251 e. The van der Waals surface area contributed by atoms with E-state index in [0.717, 1.165) is 24.1 Å². The number of hydrogen-bond donors (Lipinski definition) is 3. The monoisotopic (exact) mass is 378 g/mol. The largest absolute Gasteiger partial charge is 0.383 e. The summed E-state index contributed by atoms with van der Waals surface area (Å²) in [5.74, 6) is 0.726. The molecule has 0 radical (unpaired) electrons. The first-order valence-electron chi connectivity index (χ1n) is 9.22. The fourth-order valence-corrected chi connectivity index (χ4v) is 2.88. The Kier molecular flexibility index (Phi) is 5.03. The van der Waals surface area contributed by atoms with Gasteiger partial charge >= 0.3 is 0 Å². The quantitative estimate of drug-likeness (QED) is 0.540. The molecule has 1 aliphatic carbocycles. The predicted octanol–water partition coefficient (Wildman–Crippen LogP) is 2.22. The Hall–Kier alpha value is -3.26. The number of nitrogen functional groups attached to an aromatic ring is 1. The number of aromatic nitrogens is 3. The molecule has 4 rings (SSSR count). The summed E-state index contributed by atoms with van der Waals surface area (Å²) in [7, 11) is 1.64. The molecule has 1 aromatic carbocycles. The average molecular weight is 378 g/mol. The Morgan fingerprint density at radius 3 is 2.64 bits per heavy atom. The van der Waals surface area contributed by atoms with Crippen molar-refractivity contribution in [3.63, 3.8) is 0 Å². The number of nitrogens with one attached hydrogen (secondary N) is 2. The Bertz CT molecular complexity index is 1000. The van der Waals surface area contributed by atoms with E-state index in [0.29, 0.717) is 41.6 Å². The van der Waals surface area contributed by atoms with E-state index in [1.165, 1.54) is 0 Å². The molecule has 1 amide bonds. The van der Waals surface area contributed by atoms with Crippen LogP contribution in [0.3, 0.4) is 0 Å². The minimum atomic E-state index is -0.0333. The van der Waals surface area contributed by atoms with Crippen molar-refractivity contribution < 1.29 is 9.53 Å². The summed E-state index contributed by atoms with van der Waals surface area (Å²) in [6, 6.07) is 11.5. The number of fused-ring (bicyclic) bond motifs is 1. The van der Waals surface area contributed by atoms with Crippen LogP contribution in [0, 0.1) is 0 Å². The summed E-state index contributed by atoms with van der Waals surface area (Å²) in [5, 5.41) is 6.17. The van der Waals surface area contributed by atoms with E-state index in [9.17, 15) is 4.79 Å². The summed E-state index contributed by atoms with van der Waals surface area (Å²) in [6.45, 7) is 1.12. The lowest BCUT2D eigenvalue weighted by Crippen LogP contribution is -2.25. The van der Waals surface area contributed by atoms with Gasteiger partial charge in [0, 0.05) is 30.8 Å². The Morgan fingerprint density at radius 2 is 1.93 bits per heavy atom. The molecule has 0 saturated heterocycles. The second-order valence-corrected chi connectivity index (χ2v) is 6.74. The van der Waals surface area contributed by atoms with Gasteiger partial charge in [0.25, 0.3) is 5.91 Å². The van der Waals surface area contributed by atoms with Crippen LogP contribution in [0.25, 0.3) is 22.3 Å². The van der Waals surface area contributed by atoms with E-state index in [1.54, 1.807) is 7.11 Å². The van der Waals surface area contributed by atoms with E-state index < -0.39 is 0 Å². The molecule has 1 saturated carbocycles. The summed E-state index contributed by atoms with van der Waals surface area (Å²) in [6.07, 6.45) is 2.14. The van der Waals surface area contributed by atoms with Crippen LogP contribution in [-0.2, 0) is 4.74 Å². The second-order valence-electron chi connectivity index (χ2n) is 6.74. The number of amides is 1. The van der Waals surface area contributed by atoms with Crippen LogP contribution in [0.5, 0.6) is 0 Å². The maximum atomic E-state index is 12.1. The van der Waals surface area contributed by atoms with Gasteiger partial charge in [0.05, 0.1) is 17.8 Å². The Morgan fingerprint density at radius 1 is 1.14 bits per heavy atom. The normalized spacial score (nSPS) is 13.5. The molecule has 0 aliphatic heterocycles. The van der Waals surface area contributed by atoms with Crippen molar-refractivity contribution >= 4 is 28.7 Å². The number of rotatable bonds is 7. The Labute approximate surface area is 162 Å². The lowest BCUT2D eigenvalue weighted by molar-refractivity contribution is 0.0951. The second kappa shape index (κ2) is 7.77. The maximum absolute atomic E-state index is 12.1. The van der Waals surface area contributed by atoms with E-state index in [2.05, 4.69) is 20.6 Å². The molecule has 28 heavy (non-hydrogen) atoms. The molecular weight excluding hydrogens is 356 g/mol. The zero-order chi connectivity index (χ0) is 19.5. The first kappa shape index (κ1) is 18.1. The highest BCUT2D eigenvalue weighted by Crippen LogP contribution is 2.25. The SMILES string of the molecule is COCCNc1nc(N)nc2ccc(-c3ccc(C(=O)NC4CC4)cc3)nc12. The molecular formula is C20H22N6O2. The van der Waals surface area contributed by atoms with Gasteiger partial charge in [-0.15, -0.1) is 0 Å². The van der Waals surface area contributed by atoms with Gasteiger partial charge < -0.3 is 21.1 Å². The van der Waals surface area contributed by atoms with Crippen LogP contribution in [0.4, 0.5) is 11.8 Å². The van der Waals surface area contributed by atoms with Gasteiger partial charge in [-0.2, -0.15) is 4.98 Å². The first-order valence-corrected chi connectivity index (χ1v) is 9.22. The number of pyridine rings is 1. The third-order valence-electron chi connectivity index (χ3n) is 4.51. The molecule has 0 bridgehead atoms. The maximum Gasteiger partial charge on any atom is 0.251 e. The van der Waals surface area contributed by atoms with Gasteiger partial charge in [0.1, 0.15) is 5.52 Å². The number of carbonyl (C=O) groups is 1. The van der Waals surface area contributed by atoms with Gasteiger partial charge in [-0.1, -0.05) is 12.1 Å². The van der Waals surface area contributed by atoms with Crippen molar-refractivity contribution in [3.05, 3.63) is 42.0 Å². The van der Waals surface area contributed by atoms with Crippen molar-refractivity contribution in [2.45, 2.75) is 18.9 Å². The number of methoxy groups -OCH3 is 1. The highest BCUT2D eigenvalue weighted by atomic mass is 16.5. The third-order valence-corrected chi connectivity index (χ3v) is 4.51. The molecule has 0 atom stereocenters. The molecule has 8 heteroatoms. The molecule has 8 nitrogen and oxygen atoms in total. The van der Waals surface area contributed by atoms with Crippen molar-refractivity contribution in [1.82, 2.24) is 20.3 Å². The molecule has 0 spiro atoms. The van der Waals surface area contributed by atoms with E-state index in [-0.39, 0.29) is 11.9 Å². The van der Waals surface area contributed by atoms with Crippen molar-refractivity contribution in [2.75, 3.05) is 31.3 Å². The van der Waals surface area contributed by atoms with Crippen LogP contribution in [0.2, 0.25) is 0 Å². The Balaban J connectivity index is 1.61. The number of nitrogens with two attached hydrogens (primary N) is 1. The van der Waals surface area contributed by atoms with Crippen LogP contribution < -0.4 is 16.4 Å². The molecule has 2 heterocycles. The number of ether oxygens (including phenoxy) is 1. The lowest BCUT2D eigenvalue weighted by atomic mass is 10.1. The van der Waals surface area contributed by atoms with Gasteiger partial charge in [-0.25, -0.2) is 9.97 Å². The van der Waals surface area contributed by atoms with Crippen molar-refractivity contribution in [3.8, 4) is 11.3 Å². The third kappa shape index (κ3) is 4.01. The number of nitrogens with zero attached hydrogens (tertiary/aromatic N) is 3. The zero-order valence-electron chi connectivity index (χ0n) is 15.6. The minimum Gasteiger partial charge on any atom is -0.383 e. The van der Waals surface area contributed by atoms with Crippen LogP contribution in [0.15, 0.2) is 36.4 Å². The van der Waals surface area contributed by atoms with Crippen molar-refractivity contribution in [1.29, 1.82) is 0 Å². The number of benzene rings is 1. The van der Waals surface area contributed by atoms with Crippen LogP contribution in [-0.4, -0.2) is 47.2 Å². The molecule has 0 unspecified atom stereocenters. The molecule has 1 fully saturated rings. The van der Waals surface area contributed by atoms with Gasteiger partial charge in [-0.05, 0) is 37.1 Å². The number of hydrogen-bond acceptors (Lipinski definition) is 7. The van der Waals surface area contributed by atoms with E-state index in [4.69, 9.17) is 15.5 Å². The highest BCUT2D eigenvalue weighted by molar-refractivity contribution is 5.95. The molecule has 3 aromatic rings. The standard InChI is InChI=1S/C20H22N6O2/c1-28-11-10-22-18-17-16(25-20(21)26-18)9-8-15(24-17)12-2-4-13(5-3-12)19(27)23-14-6-7-14/h2-5,8-9,14H,6-7,10-11H2,1H3,(H,23,27)(H3,21,22,25,26). The molecule has 4 N–H and O–H groups in total. The summed E-state index contributed by atoms with van der Waals surface area (Å²) < 4.78 is 5.07. The van der Waals surface area contributed by atoms with E-state index in [1.807, 2.05) is 36.4 Å². The van der Waals surface area contributed by atoms with Crippen molar-refractivity contribution in [2.24, 2.45) is 0 Å². The molecule has 1 aliphatic rings. The molecule has 2 aromatic heterocycles. The topological polar surface area (TPSA) is 115 Å². The van der Waals surface area contributed by atoms with E-state index >= 15 is 0 Å². The minimum absolute atomic E-state index is 0.0333. The number of anilines is 2. The van der Waals surface area contributed by atoms with Gasteiger partial charge in [-0.3, -0.25) is 4.79 Å². The average Bonchev–Trinajstić information content (AvgIpc) is 3.52. The molecule has 144 valence electrons. The zero-order valence-corrected chi connectivity index (χ0v) is 15.6. The highest BCUT2D eigenvalue weighted by Gasteiger charge is 2.23. The summed E-state index contributed by atoms with van der Waals surface area (Å²) >= 11 is 0. The fourth-order valence-electron chi connectivity index (χ4n) is 2.88. The van der Waals surface area contributed by atoms with Crippen LogP contribution in [0.1, 0.15) is 23.2 Å². The van der Waals surface area contributed by atoms with Crippen LogP contribution >= 0.6 is 0 Å².